The van der Waals surface area contributed by atoms with Gasteiger partial charge in [0.15, 0.2) is 17.5 Å². The maximum atomic E-state index is 10.4. The number of fused-ring (bicyclic) bond motifs is 3. The van der Waals surface area contributed by atoms with Gasteiger partial charge in [0, 0.05) is 27.5 Å². The molecule has 0 aliphatic heterocycles. The first-order chi connectivity index (χ1) is 23.5. The van der Waals surface area contributed by atoms with E-state index in [0.717, 1.165) is 44.2 Å². The Kier molecular flexibility index (Phi) is 7.12. The lowest BCUT2D eigenvalue weighted by Gasteiger charge is -2.14. The van der Waals surface area contributed by atoms with Crippen molar-refractivity contribution in [3.63, 3.8) is 0 Å². The number of benzene rings is 6. The zero-order valence-electron chi connectivity index (χ0n) is 26.9. The van der Waals surface area contributed by atoms with Crippen molar-refractivity contribution in [3.8, 4) is 57.0 Å². The first-order valence-corrected chi connectivity index (χ1v) is 16.0. The molecule has 0 saturated carbocycles. The minimum Gasteiger partial charge on any atom is -0.308 e. The minimum atomic E-state index is 0.543. The van der Waals surface area contributed by atoms with E-state index in [1.807, 2.05) is 84.9 Å². The summed E-state index contributed by atoms with van der Waals surface area (Å²) in [6, 6.07) is 47.7. The largest absolute Gasteiger partial charge is 0.308 e. The van der Waals surface area contributed by atoms with Gasteiger partial charge < -0.3 is 4.57 Å². The van der Waals surface area contributed by atoms with Crippen molar-refractivity contribution in [1.29, 1.82) is 5.26 Å². The highest BCUT2D eigenvalue weighted by Gasteiger charge is 2.19. The molecule has 5 nitrogen and oxygen atoms in total. The van der Waals surface area contributed by atoms with Gasteiger partial charge in [0.05, 0.1) is 22.3 Å². The van der Waals surface area contributed by atoms with Gasteiger partial charge in [-0.2, -0.15) is 5.26 Å². The molecule has 0 aliphatic rings. The van der Waals surface area contributed by atoms with E-state index in [2.05, 4.69) is 79.9 Å². The average molecular weight is 618 g/mol. The Bertz CT molecular complexity index is 2460. The maximum Gasteiger partial charge on any atom is 0.164 e. The van der Waals surface area contributed by atoms with Crippen molar-refractivity contribution < 1.29 is 0 Å². The maximum absolute atomic E-state index is 10.4. The Labute approximate surface area is 279 Å². The third-order valence-electron chi connectivity index (χ3n) is 8.95. The summed E-state index contributed by atoms with van der Waals surface area (Å²) >= 11 is 0. The number of nitrogens with zero attached hydrogens (tertiary/aromatic N) is 5. The highest BCUT2D eigenvalue weighted by molar-refractivity contribution is 6.10. The van der Waals surface area contributed by atoms with E-state index in [-0.39, 0.29) is 0 Å². The fourth-order valence-corrected chi connectivity index (χ4v) is 6.91. The second kappa shape index (κ2) is 11.8. The molecule has 0 bridgehead atoms. The van der Waals surface area contributed by atoms with Crippen molar-refractivity contribution in [3.05, 3.63) is 156 Å². The second-order valence-electron chi connectivity index (χ2n) is 12.2. The van der Waals surface area contributed by atoms with E-state index in [1.54, 1.807) is 0 Å². The molecule has 48 heavy (non-hydrogen) atoms. The standard InChI is InChI=1S/C43H31N5/c1-27-22-28(2)40(29(3)23-27)32-20-21-38-36(24-32)35-16-10-11-17-37(35)48(38)39-25-33(18-19-34(39)26-44)43-46-41(30-12-6-4-7-13-30)45-42(47-43)31-14-8-5-9-15-31/h4-25H,1-3H3. The topological polar surface area (TPSA) is 67.4 Å². The molecule has 2 heterocycles. The minimum absolute atomic E-state index is 0.543. The molecule has 0 unspecified atom stereocenters. The predicted octanol–water partition coefficient (Wildman–Crippen LogP) is 10.4. The van der Waals surface area contributed by atoms with E-state index in [0.29, 0.717) is 23.0 Å². The van der Waals surface area contributed by atoms with Gasteiger partial charge >= 0.3 is 0 Å². The van der Waals surface area contributed by atoms with E-state index < -0.39 is 0 Å². The van der Waals surface area contributed by atoms with Crippen LogP contribution in [0.1, 0.15) is 22.3 Å². The van der Waals surface area contributed by atoms with E-state index in [4.69, 9.17) is 15.0 Å². The van der Waals surface area contributed by atoms with Crippen LogP contribution in [0.3, 0.4) is 0 Å². The molecule has 8 aromatic rings. The molecule has 0 radical (unpaired) electrons. The zero-order valence-corrected chi connectivity index (χ0v) is 26.9. The summed E-state index contributed by atoms with van der Waals surface area (Å²) in [7, 11) is 0. The molecule has 0 aliphatic carbocycles. The third-order valence-corrected chi connectivity index (χ3v) is 8.95. The molecule has 0 spiro atoms. The molecule has 2 aromatic heterocycles. The lowest BCUT2D eigenvalue weighted by molar-refractivity contribution is 1.07. The summed E-state index contributed by atoms with van der Waals surface area (Å²) in [5, 5.41) is 12.6. The van der Waals surface area contributed by atoms with Gasteiger partial charge in [0.1, 0.15) is 6.07 Å². The van der Waals surface area contributed by atoms with Gasteiger partial charge in [-0.25, -0.2) is 15.0 Å². The van der Waals surface area contributed by atoms with Crippen molar-refractivity contribution in [2.45, 2.75) is 20.8 Å². The smallest absolute Gasteiger partial charge is 0.164 e. The number of para-hydroxylation sites is 1. The number of aromatic nitrogens is 4. The van der Waals surface area contributed by atoms with E-state index >= 15 is 0 Å². The van der Waals surface area contributed by atoms with Crippen LogP contribution in [0, 0.1) is 32.1 Å². The summed E-state index contributed by atoms with van der Waals surface area (Å²) in [6.07, 6.45) is 0. The van der Waals surface area contributed by atoms with Crippen molar-refractivity contribution in [2.24, 2.45) is 0 Å². The van der Waals surface area contributed by atoms with Crippen LogP contribution in [-0.4, -0.2) is 19.5 Å². The Morgan fingerprint density at radius 3 is 1.67 bits per heavy atom. The second-order valence-corrected chi connectivity index (χ2v) is 12.2. The van der Waals surface area contributed by atoms with Crippen LogP contribution in [0.4, 0.5) is 0 Å². The number of hydrogen-bond donors (Lipinski definition) is 0. The molecular formula is C43H31N5. The van der Waals surface area contributed by atoms with Gasteiger partial charge in [-0.15, -0.1) is 0 Å². The van der Waals surface area contributed by atoms with Gasteiger partial charge in [-0.1, -0.05) is 103 Å². The van der Waals surface area contributed by atoms with Crippen LogP contribution in [0.25, 0.3) is 72.8 Å². The first-order valence-electron chi connectivity index (χ1n) is 16.0. The fraction of sp³-hybridized carbons (Fsp3) is 0.0698. The molecule has 8 rings (SSSR count). The quantitative estimate of drug-likeness (QED) is 0.193. The molecule has 0 fully saturated rings. The molecular weight excluding hydrogens is 587 g/mol. The highest BCUT2D eigenvalue weighted by atomic mass is 15.0. The summed E-state index contributed by atoms with van der Waals surface area (Å²) in [6.45, 7) is 6.51. The van der Waals surface area contributed by atoms with Gasteiger partial charge in [0.2, 0.25) is 0 Å². The molecule has 0 saturated heterocycles. The number of hydrogen-bond acceptors (Lipinski definition) is 4. The van der Waals surface area contributed by atoms with Crippen molar-refractivity contribution in [1.82, 2.24) is 19.5 Å². The monoisotopic (exact) mass is 617 g/mol. The number of nitriles is 1. The molecule has 5 heteroatoms. The average Bonchev–Trinajstić information content (AvgIpc) is 3.45. The highest BCUT2D eigenvalue weighted by Crippen LogP contribution is 2.38. The van der Waals surface area contributed by atoms with Gasteiger partial charge in [0.25, 0.3) is 0 Å². The first kappa shape index (κ1) is 29.1. The van der Waals surface area contributed by atoms with Crippen molar-refractivity contribution in [2.75, 3.05) is 0 Å². The van der Waals surface area contributed by atoms with Crippen LogP contribution in [-0.2, 0) is 0 Å². The van der Waals surface area contributed by atoms with E-state index in [9.17, 15) is 5.26 Å². The summed E-state index contributed by atoms with van der Waals surface area (Å²) < 4.78 is 2.20. The third kappa shape index (κ3) is 5.01. The fourth-order valence-electron chi connectivity index (χ4n) is 6.91. The summed E-state index contributed by atoms with van der Waals surface area (Å²) in [5.41, 5.74) is 12.2. The van der Waals surface area contributed by atoms with Crippen LogP contribution in [0.2, 0.25) is 0 Å². The molecule has 0 atom stereocenters. The van der Waals surface area contributed by atoms with Crippen LogP contribution in [0.5, 0.6) is 0 Å². The van der Waals surface area contributed by atoms with E-state index in [1.165, 1.54) is 27.8 Å². The Hall–Kier alpha value is -6.38. The predicted molar refractivity (Wildman–Crippen MR) is 195 cm³/mol. The zero-order chi connectivity index (χ0) is 32.8. The Morgan fingerprint density at radius 1 is 0.500 bits per heavy atom. The summed E-state index contributed by atoms with van der Waals surface area (Å²) in [5.74, 6) is 1.73. The SMILES string of the molecule is Cc1cc(C)c(-c2ccc3c(c2)c2ccccc2n3-c2cc(-c3nc(-c4ccccc4)nc(-c4ccccc4)n3)ccc2C#N)c(C)c1. The molecule has 0 N–H and O–H groups in total. The van der Waals surface area contributed by atoms with Crippen LogP contribution < -0.4 is 0 Å². The van der Waals surface area contributed by atoms with Gasteiger partial charge in [-0.3, -0.25) is 0 Å². The molecule has 6 aromatic carbocycles. The van der Waals surface area contributed by atoms with Gasteiger partial charge in [-0.05, 0) is 79.4 Å². The number of rotatable bonds is 5. The summed E-state index contributed by atoms with van der Waals surface area (Å²) in [4.78, 5) is 14.8. The lowest BCUT2D eigenvalue weighted by atomic mass is 9.93. The van der Waals surface area contributed by atoms with Crippen LogP contribution in [0.15, 0.2) is 133 Å². The molecule has 0 amide bonds. The normalized spacial score (nSPS) is 11.2. The Balaban J connectivity index is 1.35. The lowest BCUT2D eigenvalue weighted by Crippen LogP contribution is -2.02. The molecule has 228 valence electrons. The Morgan fingerprint density at radius 2 is 1.04 bits per heavy atom. The van der Waals surface area contributed by atoms with Crippen molar-refractivity contribution >= 4 is 21.8 Å². The number of aryl methyl sites for hydroxylation is 3. The van der Waals surface area contributed by atoms with Crippen LogP contribution >= 0.6 is 0 Å².